The number of halogens is 2. The summed E-state index contributed by atoms with van der Waals surface area (Å²) in [7, 11) is 0. The topological polar surface area (TPSA) is 58.6 Å². The van der Waals surface area contributed by atoms with Gasteiger partial charge in [-0.2, -0.15) is 0 Å². The van der Waals surface area contributed by atoms with Gasteiger partial charge in [-0.25, -0.2) is 4.98 Å². The number of phenolic OH excluding ortho intramolecular Hbond substituents is 1. The number of nitrogens with zero attached hydrogens (tertiary/aromatic N) is 2. The Hall–Kier alpha value is -2.63. The van der Waals surface area contributed by atoms with Crippen LogP contribution in [0, 0.1) is 6.92 Å². The van der Waals surface area contributed by atoms with E-state index in [1.807, 2.05) is 49.4 Å². The maximum Gasteiger partial charge on any atom is 0.227 e. The second-order valence-corrected chi connectivity index (χ2v) is 7.41. The van der Waals surface area contributed by atoms with E-state index in [-0.39, 0.29) is 5.75 Å². The van der Waals surface area contributed by atoms with Crippen LogP contribution in [0.5, 0.6) is 5.75 Å². The van der Waals surface area contributed by atoms with Gasteiger partial charge < -0.3 is 9.52 Å². The Kier molecular flexibility index (Phi) is 4.72. The van der Waals surface area contributed by atoms with Crippen LogP contribution in [0.3, 0.4) is 0 Å². The van der Waals surface area contributed by atoms with Gasteiger partial charge in [-0.05, 0) is 65.3 Å². The van der Waals surface area contributed by atoms with Gasteiger partial charge in [-0.15, -0.1) is 0 Å². The Morgan fingerprint density at radius 1 is 1.15 bits per heavy atom. The second kappa shape index (κ2) is 7.18. The molecule has 0 saturated heterocycles. The maximum absolute atomic E-state index is 10.1. The first-order chi connectivity index (χ1) is 13.0. The number of aromatic nitrogens is 1. The third kappa shape index (κ3) is 3.75. The van der Waals surface area contributed by atoms with Gasteiger partial charge in [0.15, 0.2) is 5.58 Å². The van der Waals surface area contributed by atoms with E-state index in [0.29, 0.717) is 32.2 Å². The Morgan fingerprint density at radius 2 is 2.00 bits per heavy atom. The van der Waals surface area contributed by atoms with Crippen LogP contribution in [-0.4, -0.2) is 16.3 Å². The van der Waals surface area contributed by atoms with Crippen molar-refractivity contribution in [1.29, 1.82) is 0 Å². The summed E-state index contributed by atoms with van der Waals surface area (Å²) in [4.78, 5) is 8.99. The van der Waals surface area contributed by atoms with E-state index in [4.69, 9.17) is 16.0 Å². The highest BCUT2D eigenvalue weighted by atomic mass is 79.9. The van der Waals surface area contributed by atoms with Crippen LogP contribution in [0.2, 0.25) is 5.02 Å². The van der Waals surface area contributed by atoms with E-state index in [1.54, 1.807) is 18.3 Å². The summed E-state index contributed by atoms with van der Waals surface area (Å²) in [5.41, 5.74) is 4.71. The Balaban J connectivity index is 1.68. The molecule has 1 N–H and O–H groups in total. The molecule has 1 heterocycles. The predicted octanol–water partition coefficient (Wildman–Crippen LogP) is 6.68. The van der Waals surface area contributed by atoms with E-state index in [9.17, 15) is 5.11 Å². The summed E-state index contributed by atoms with van der Waals surface area (Å²) in [5.74, 6) is 0.665. The standard InChI is InChI=1S/C21H14BrClN2O2/c1-12-3-2-4-13(7-12)21-25-18-10-16(5-6-19(18)27-21)24-11-14-8-15(23)9-17(22)20(14)26/h2-11,26H,1H3. The zero-order chi connectivity index (χ0) is 19.0. The number of aryl methyl sites for hydroxylation is 1. The van der Waals surface area contributed by atoms with Crippen LogP contribution in [0.4, 0.5) is 5.69 Å². The van der Waals surface area contributed by atoms with Gasteiger partial charge >= 0.3 is 0 Å². The quantitative estimate of drug-likeness (QED) is 0.361. The molecule has 0 bridgehead atoms. The molecule has 0 atom stereocenters. The SMILES string of the molecule is Cc1cccc(-c2nc3cc(N=Cc4cc(Cl)cc(Br)c4O)ccc3o2)c1. The highest BCUT2D eigenvalue weighted by Crippen LogP contribution is 2.31. The predicted molar refractivity (Wildman–Crippen MR) is 112 cm³/mol. The molecular weight excluding hydrogens is 428 g/mol. The molecule has 0 amide bonds. The molecule has 0 aliphatic carbocycles. The van der Waals surface area contributed by atoms with E-state index in [1.165, 1.54) is 0 Å². The number of fused-ring (bicyclic) bond motifs is 1. The number of oxazole rings is 1. The molecule has 0 saturated carbocycles. The third-order valence-corrected chi connectivity index (χ3v) is 4.87. The van der Waals surface area contributed by atoms with Crippen molar-refractivity contribution >= 4 is 50.5 Å². The van der Waals surface area contributed by atoms with Crippen molar-refractivity contribution in [3.8, 4) is 17.2 Å². The van der Waals surface area contributed by atoms with Crippen molar-refractivity contribution in [3.05, 3.63) is 75.2 Å². The molecule has 3 aromatic carbocycles. The lowest BCUT2D eigenvalue weighted by atomic mass is 10.1. The fourth-order valence-corrected chi connectivity index (χ4v) is 3.56. The molecule has 0 fully saturated rings. The molecule has 4 aromatic rings. The molecule has 0 aliphatic heterocycles. The number of aromatic hydroxyl groups is 1. The van der Waals surface area contributed by atoms with E-state index >= 15 is 0 Å². The van der Waals surface area contributed by atoms with Gasteiger partial charge in [0.1, 0.15) is 11.3 Å². The molecular formula is C21H14BrClN2O2. The van der Waals surface area contributed by atoms with Crippen molar-refractivity contribution in [2.45, 2.75) is 6.92 Å². The number of benzene rings is 3. The van der Waals surface area contributed by atoms with Gasteiger partial charge in [0.05, 0.1) is 10.2 Å². The van der Waals surface area contributed by atoms with Crippen LogP contribution in [0.15, 0.2) is 68.5 Å². The number of aliphatic imine (C=N–C) groups is 1. The van der Waals surface area contributed by atoms with Crippen LogP contribution in [0.1, 0.15) is 11.1 Å². The number of phenols is 1. The van der Waals surface area contributed by atoms with Crippen LogP contribution in [0.25, 0.3) is 22.6 Å². The van der Waals surface area contributed by atoms with Crippen molar-refractivity contribution in [2.75, 3.05) is 0 Å². The summed E-state index contributed by atoms with van der Waals surface area (Å²) >= 11 is 9.30. The summed E-state index contributed by atoms with van der Waals surface area (Å²) in [6, 6.07) is 16.8. The largest absolute Gasteiger partial charge is 0.506 e. The highest BCUT2D eigenvalue weighted by Gasteiger charge is 2.09. The molecule has 0 spiro atoms. The normalized spacial score (nSPS) is 11.5. The summed E-state index contributed by atoms with van der Waals surface area (Å²) in [6.45, 7) is 2.03. The molecule has 134 valence electrons. The van der Waals surface area contributed by atoms with Crippen molar-refractivity contribution < 1.29 is 9.52 Å². The van der Waals surface area contributed by atoms with Crippen LogP contribution in [-0.2, 0) is 0 Å². The van der Waals surface area contributed by atoms with Crippen molar-refractivity contribution in [3.63, 3.8) is 0 Å². The molecule has 4 nitrogen and oxygen atoms in total. The fraction of sp³-hybridized carbons (Fsp3) is 0.0476. The Bertz CT molecular complexity index is 1180. The van der Waals surface area contributed by atoms with Gasteiger partial charge in [-0.1, -0.05) is 29.3 Å². The number of hydrogen-bond donors (Lipinski definition) is 1. The summed E-state index contributed by atoms with van der Waals surface area (Å²) in [5, 5.41) is 10.6. The molecule has 27 heavy (non-hydrogen) atoms. The minimum Gasteiger partial charge on any atom is -0.506 e. The number of rotatable bonds is 3. The second-order valence-electron chi connectivity index (χ2n) is 6.12. The third-order valence-electron chi connectivity index (χ3n) is 4.05. The monoisotopic (exact) mass is 440 g/mol. The Morgan fingerprint density at radius 3 is 2.81 bits per heavy atom. The maximum atomic E-state index is 10.1. The molecule has 4 rings (SSSR count). The van der Waals surface area contributed by atoms with E-state index in [0.717, 1.165) is 16.6 Å². The number of hydrogen-bond acceptors (Lipinski definition) is 4. The first-order valence-corrected chi connectivity index (χ1v) is 9.36. The molecule has 6 heteroatoms. The lowest BCUT2D eigenvalue weighted by Gasteiger charge is -2.02. The minimum absolute atomic E-state index is 0.0902. The van der Waals surface area contributed by atoms with Crippen LogP contribution >= 0.6 is 27.5 Å². The zero-order valence-corrected chi connectivity index (χ0v) is 16.6. The van der Waals surface area contributed by atoms with Crippen molar-refractivity contribution in [1.82, 2.24) is 4.98 Å². The molecule has 1 aromatic heterocycles. The molecule has 0 aliphatic rings. The Labute approximate surface area is 169 Å². The minimum atomic E-state index is 0.0902. The van der Waals surface area contributed by atoms with Crippen LogP contribution < -0.4 is 0 Å². The smallest absolute Gasteiger partial charge is 0.227 e. The van der Waals surface area contributed by atoms with E-state index in [2.05, 4.69) is 25.9 Å². The molecule has 0 radical (unpaired) electrons. The van der Waals surface area contributed by atoms with E-state index < -0.39 is 0 Å². The van der Waals surface area contributed by atoms with Gasteiger partial charge in [0.2, 0.25) is 5.89 Å². The van der Waals surface area contributed by atoms with Gasteiger partial charge in [0.25, 0.3) is 0 Å². The summed E-state index contributed by atoms with van der Waals surface area (Å²) in [6.07, 6.45) is 1.56. The summed E-state index contributed by atoms with van der Waals surface area (Å²) < 4.78 is 6.37. The van der Waals surface area contributed by atoms with Gasteiger partial charge in [-0.3, -0.25) is 4.99 Å². The average Bonchev–Trinajstić information content (AvgIpc) is 3.07. The van der Waals surface area contributed by atoms with Gasteiger partial charge in [0, 0.05) is 22.4 Å². The first kappa shape index (κ1) is 17.8. The zero-order valence-electron chi connectivity index (χ0n) is 14.3. The molecule has 0 unspecified atom stereocenters. The highest BCUT2D eigenvalue weighted by molar-refractivity contribution is 9.10. The fourth-order valence-electron chi connectivity index (χ4n) is 2.73. The lowest BCUT2D eigenvalue weighted by molar-refractivity contribution is 0.471. The lowest BCUT2D eigenvalue weighted by Crippen LogP contribution is -1.84. The first-order valence-electron chi connectivity index (χ1n) is 8.19. The average molecular weight is 442 g/mol. The van der Waals surface area contributed by atoms with Crippen molar-refractivity contribution in [2.24, 2.45) is 4.99 Å².